The van der Waals surface area contributed by atoms with Crippen molar-refractivity contribution in [3.8, 4) is 0 Å². The summed E-state index contributed by atoms with van der Waals surface area (Å²) in [5.41, 5.74) is 1.42. The Bertz CT molecular complexity index is 733. The number of ether oxygens (including phenoxy) is 4. The fourth-order valence-electron chi connectivity index (χ4n) is 3.51. The molecule has 5 nitrogen and oxygen atoms in total. The van der Waals surface area contributed by atoms with Crippen LogP contribution < -0.4 is 0 Å². The van der Waals surface area contributed by atoms with Crippen molar-refractivity contribution in [3.05, 3.63) is 71.8 Å². The summed E-state index contributed by atoms with van der Waals surface area (Å²) in [6.07, 6.45) is -0.385. The monoisotopic (exact) mass is 354 g/mol. The van der Waals surface area contributed by atoms with Gasteiger partial charge in [0.1, 0.15) is 24.4 Å². The topological polar surface area (TPSA) is 54.0 Å². The maximum Gasteiger partial charge on any atom is 0.309 e. The molecule has 0 bridgehead atoms. The Kier molecular flexibility index (Phi) is 5.02. The quantitative estimate of drug-likeness (QED) is 0.747. The standard InChI is InChI=1S/C21H22O5/c22-19-11-21(15-25-19)20(24-13-17-9-5-2-6-10-17)18(14-26-21)23-12-16-7-3-1-4-8-16/h1-10,18,20H,11-15H2/t18-,20+,21-/m1/s1. The summed E-state index contributed by atoms with van der Waals surface area (Å²) in [5, 5.41) is 0. The SMILES string of the molecule is O=C1C[C@]2(CO1)OC[C@@H](OCc1ccccc1)[C@@H]2OCc1ccccc1. The van der Waals surface area contributed by atoms with Crippen molar-refractivity contribution in [1.82, 2.24) is 0 Å². The molecule has 136 valence electrons. The number of rotatable bonds is 6. The Labute approximate surface area is 152 Å². The minimum absolute atomic E-state index is 0.206. The first-order valence-corrected chi connectivity index (χ1v) is 8.86. The molecular formula is C21H22O5. The van der Waals surface area contributed by atoms with Crippen LogP contribution in [0, 0.1) is 0 Å². The summed E-state index contributed by atoms with van der Waals surface area (Å²) in [4.78, 5) is 11.7. The van der Waals surface area contributed by atoms with Crippen LogP contribution in [0.15, 0.2) is 60.7 Å². The molecule has 0 amide bonds. The number of carbonyl (C=O) groups excluding carboxylic acids is 1. The molecule has 0 radical (unpaired) electrons. The lowest BCUT2D eigenvalue weighted by atomic mass is 9.94. The molecule has 2 saturated heterocycles. The van der Waals surface area contributed by atoms with Crippen LogP contribution in [0.4, 0.5) is 0 Å². The molecule has 0 aliphatic carbocycles. The lowest BCUT2D eigenvalue weighted by Crippen LogP contribution is -2.46. The highest BCUT2D eigenvalue weighted by molar-refractivity contribution is 5.73. The number of benzene rings is 2. The normalized spacial score (nSPS) is 27.8. The van der Waals surface area contributed by atoms with Crippen molar-refractivity contribution in [3.63, 3.8) is 0 Å². The van der Waals surface area contributed by atoms with E-state index < -0.39 is 5.60 Å². The first-order chi connectivity index (χ1) is 12.8. The second-order valence-electron chi connectivity index (χ2n) is 6.77. The van der Waals surface area contributed by atoms with Gasteiger partial charge in [-0.3, -0.25) is 4.79 Å². The van der Waals surface area contributed by atoms with Crippen LogP contribution in [0.2, 0.25) is 0 Å². The summed E-state index contributed by atoms with van der Waals surface area (Å²) < 4.78 is 23.5. The van der Waals surface area contributed by atoms with Crippen LogP contribution in [0.25, 0.3) is 0 Å². The molecule has 0 N–H and O–H groups in total. The fraction of sp³-hybridized carbons (Fsp3) is 0.381. The Morgan fingerprint density at radius 1 is 0.923 bits per heavy atom. The Balaban J connectivity index is 1.46. The highest BCUT2D eigenvalue weighted by atomic mass is 16.6. The average Bonchev–Trinajstić information content (AvgIpc) is 3.23. The Morgan fingerprint density at radius 3 is 2.12 bits per heavy atom. The number of carbonyl (C=O) groups is 1. The lowest BCUT2D eigenvalue weighted by molar-refractivity contribution is -0.138. The van der Waals surface area contributed by atoms with Gasteiger partial charge in [-0.25, -0.2) is 0 Å². The summed E-state index contributed by atoms with van der Waals surface area (Å²) >= 11 is 0. The molecule has 2 heterocycles. The zero-order valence-corrected chi connectivity index (χ0v) is 14.5. The molecule has 4 rings (SSSR count). The van der Waals surface area contributed by atoms with Gasteiger partial charge in [0.15, 0.2) is 0 Å². The molecule has 2 aliphatic rings. The maximum atomic E-state index is 11.7. The van der Waals surface area contributed by atoms with Gasteiger partial charge in [0.2, 0.25) is 0 Å². The molecule has 26 heavy (non-hydrogen) atoms. The van der Waals surface area contributed by atoms with E-state index in [1.807, 2.05) is 60.7 Å². The average molecular weight is 354 g/mol. The van der Waals surface area contributed by atoms with E-state index >= 15 is 0 Å². The first kappa shape index (κ1) is 17.2. The smallest absolute Gasteiger partial charge is 0.309 e. The third kappa shape index (κ3) is 3.65. The van der Waals surface area contributed by atoms with E-state index in [2.05, 4.69) is 0 Å². The van der Waals surface area contributed by atoms with Crippen molar-refractivity contribution < 1.29 is 23.7 Å². The molecule has 0 saturated carbocycles. The Hall–Kier alpha value is -2.21. The molecule has 2 fully saturated rings. The predicted molar refractivity (Wildman–Crippen MR) is 94.3 cm³/mol. The maximum absolute atomic E-state index is 11.7. The van der Waals surface area contributed by atoms with Crippen molar-refractivity contribution in [2.24, 2.45) is 0 Å². The van der Waals surface area contributed by atoms with Gasteiger partial charge in [0.05, 0.1) is 26.2 Å². The van der Waals surface area contributed by atoms with E-state index in [0.717, 1.165) is 11.1 Å². The van der Waals surface area contributed by atoms with Gasteiger partial charge in [-0.1, -0.05) is 60.7 Å². The van der Waals surface area contributed by atoms with Crippen LogP contribution in [-0.2, 0) is 37.0 Å². The molecule has 5 heteroatoms. The van der Waals surface area contributed by atoms with Crippen molar-refractivity contribution in [2.75, 3.05) is 13.2 Å². The predicted octanol–water partition coefficient (Wildman–Crippen LogP) is 2.87. The van der Waals surface area contributed by atoms with Crippen LogP contribution >= 0.6 is 0 Å². The minimum Gasteiger partial charge on any atom is -0.462 e. The van der Waals surface area contributed by atoms with Gasteiger partial charge >= 0.3 is 5.97 Å². The largest absolute Gasteiger partial charge is 0.462 e. The second-order valence-corrected chi connectivity index (χ2v) is 6.77. The van der Waals surface area contributed by atoms with Crippen molar-refractivity contribution in [1.29, 1.82) is 0 Å². The first-order valence-electron chi connectivity index (χ1n) is 8.86. The molecule has 3 atom stereocenters. The molecule has 0 unspecified atom stereocenters. The van der Waals surface area contributed by atoms with Gasteiger partial charge in [-0.15, -0.1) is 0 Å². The highest BCUT2D eigenvalue weighted by Crippen LogP contribution is 2.38. The fourth-order valence-corrected chi connectivity index (χ4v) is 3.51. The number of cyclic esters (lactones) is 1. The van der Waals surface area contributed by atoms with E-state index in [1.165, 1.54) is 0 Å². The van der Waals surface area contributed by atoms with Crippen LogP contribution in [0.1, 0.15) is 17.5 Å². The highest BCUT2D eigenvalue weighted by Gasteiger charge is 2.57. The molecule has 0 aromatic heterocycles. The van der Waals surface area contributed by atoms with Crippen LogP contribution in [0.5, 0.6) is 0 Å². The summed E-state index contributed by atoms with van der Waals surface area (Å²) in [7, 11) is 0. The van der Waals surface area contributed by atoms with E-state index in [4.69, 9.17) is 18.9 Å². The zero-order chi connectivity index (χ0) is 17.8. The zero-order valence-electron chi connectivity index (χ0n) is 14.5. The third-order valence-electron chi connectivity index (χ3n) is 4.89. The minimum atomic E-state index is -0.743. The van der Waals surface area contributed by atoms with Crippen molar-refractivity contribution in [2.45, 2.75) is 37.4 Å². The van der Waals surface area contributed by atoms with E-state index in [1.54, 1.807) is 0 Å². The van der Waals surface area contributed by atoms with Crippen molar-refractivity contribution >= 4 is 5.97 Å². The van der Waals surface area contributed by atoms with E-state index in [9.17, 15) is 4.79 Å². The van der Waals surface area contributed by atoms with Gasteiger partial charge in [0.25, 0.3) is 0 Å². The summed E-state index contributed by atoms with van der Waals surface area (Å²) in [5.74, 6) is -0.248. The number of hydrogen-bond donors (Lipinski definition) is 0. The third-order valence-corrected chi connectivity index (χ3v) is 4.89. The molecule has 2 aromatic carbocycles. The number of hydrogen-bond acceptors (Lipinski definition) is 5. The summed E-state index contributed by atoms with van der Waals surface area (Å²) in [6.45, 7) is 1.53. The number of esters is 1. The van der Waals surface area contributed by atoms with Crippen LogP contribution in [0.3, 0.4) is 0 Å². The lowest BCUT2D eigenvalue weighted by Gasteiger charge is -2.29. The van der Waals surface area contributed by atoms with Gasteiger partial charge < -0.3 is 18.9 Å². The van der Waals surface area contributed by atoms with Gasteiger partial charge in [0, 0.05) is 0 Å². The van der Waals surface area contributed by atoms with Gasteiger partial charge in [-0.05, 0) is 11.1 Å². The molecular weight excluding hydrogens is 332 g/mol. The Morgan fingerprint density at radius 2 is 1.54 bits per heavy atom. The van der Waals surface area contributed by atoms with E-state index in [0.29, 0.717) is 19.8 Å². The molecule has 1 spiro atoms. The molecule has 2 aliphatic heterocycles. The second kappa shape index (κ2) is 7.58. The molecule has 2 aromatic rings. The van der Waals surface area contributed by atoms with Crippen LogP contribution in [-0.4, -0.2) is 37.0 Å². The summed E-state index contributed by atoms with van der Waals surface area (Å²) in [6, 6.07) is 19.9. The van der Waals surface area contributed by atoms with Gasteiger partial charge in [-0.2, -0.15) is 0 Å². The van der Waals surface area contributed by atoms with E-state index in [-0.39, 0.29) is 31.2 Å².